The van der Waals surface area contributed by atoms with E-state index in [1.165, 1.54) is 5.56 Å². The molecular weight excluding hydrogens is 162 g/mol. The third kappa shape index (κ3) is 4.60. The van der Waals surface area contributed by atoms with Gasteiger partial charge in [0.2, 0.25) is 0 Å². The van der Waals surface area contributed by atoms with E-state index in [4.69, 9.17) is 0 Å². The van der Waals surface area contributed by atoms with Gasteiger partial charge in [0, 0.05) is 25.5 Å². The van der Waals surface area contributed by atoms with Crippen LogP contribution in [-0.4, -0.2) is 31.7 Å². The maximum atomic E-state index is 3.97. The van der Waals surface area contributed by atoms with Gasteiger partial charge in [0.25, 0.3) is 0 Å². The minimum Gasteiger partial charge on any atom is -0.318 e. The Labute approximate surface area is 79.6 Å². The van der Waals surface area contributed by atoms with Crippen LogP contribution in [0.4, 0.5) is 0 Å². The predicted octanol–water partition coefficient (Wildman–Crippen LogP) is 0.433. The summed E-state index contributed by atoms with van der Waals surface area (Å²) in [5.74, 6) is 0. The normalized spacial score (nSPS) is 10.2. The Morgan fingerprint density at radius 3 is 2.62 bits per heavy atom. The number of hydrogen-bond donors (Lipinski definition) is 2. The van der Waals surface area contributed by atoms with Gasteiger partial charge in [-0.05, 0) is 37.7 Å². The highest BCUT2D eigenvalue weighted by atomic mass is 14.9. The largest absolute Gasteiger partial charge is 0.318 e. The van der Waals surface area contributed by atoms with E-state index in [9.17, 15) is 0 Å². The molecule has 0 atom stereocenters. The molecule has 1 aromatic rings. The minimum absolute atomic E-state index is 1.02. The number of likely N-dealkylation sites (N-methyl/N-ethyl adjacent to an activating group) is 1. The average molecular weight is 179 g/mol. The van der Waals surface area contributed by atoms with Gasteiger partial charge in [0.1, 0.15) is 0 Å². The summed E-state index contributed by atoms with van der Waals surface area (Å²) < 4.78 is 0. The monoisotopic (exact) mass is 179 g/mol. The lowest BCUT2D eigenvalue weighted by Gasteiger charge is -2.03. The zero-order valence-corrected chi connectivity index (χ0v) is 8.09. The summed E-state index contributed by atoms with van der Waals surface area (Å²) in [6.07, 6.45) is 4.75. The summed E-state index contributed by atoms with van der Waals surface area (Å²) >= 11 is 0. The molecule has 3 nitrogen and oxygen atoms in total. The molecule has 0 saturated heterocycles. The maximum Gasteiger partial charge on any atom is 0.0270 e. The summed E-state index contributed by atoms with van der Waals surface area (Å²) in [7, 11) is 1.96. The summed E-state index contributed by atoms with van der Waals surface area (Å²) in [6, 6.07) is 4.11. The van der Waals surface area contributed by atoms with Crippen molar-refractivity contribution in [2.24, 2.45) is 0 Å². The Morgan fingerprint density at radius 1 is 1.15 bits per heavy atom. The number of pyridine rings is 1. The SMILES string of the molecule is CNCCNCCc1ccncc1. The first-order chi connectivity index (χ1) is 6.43. The molecule has 0 fully saturated rings. The second kappa shape index (κ2) is 6.57. The molecule has 0 radical (unpaired) electrons. The minimum atomic E-state index is 1.02. The molecule has 0 bridgehead atoms. The molecule has 0 aliphatic carbocycles. The fourth-order valence-electron chi connectivity index (χ4n) is 1.12. The van der Waals surface area contributed by atoms with Crippen molar-refractivity contribution in [2.45, 2.75) is 6.42 Å². The van der Waals surface area contributed by atoms with Gasteiger partial charge < -0.3 is 10.6 Å². The number of hydrogen-bond acceptors (Lipinski definition) is 3. The van der Waals surface area contributed by atoms with Crippen LogP contribution in [-0.2, 0) is 6.42 Å². The Balaban J connectivity index is 2.07. The fraction of sp³-hybridized carbons (Fsp3) is 0.500. The molecule has 72 valence electrons. The molecule has 0 aliphatic heterocycles. The molecule has 0 amide bonds. The molecule has 1 rings (SSSR count). The maximum absolute atomic E-state index is 3.97. The first kappa shape index (κ1) is 10.2. The Kier molecular flexibility index (Phi) is 5.13. The van der Waals surface area contributed by atoms with Crippen molar-refractivity contribution in [3.8, 4) is 0 Å². The van der Waals surface area contributed by atoms with Crippen LogP contribution in [0.3, 0.4) is 0 Å². The highest BCUT2D eigenvalue weighted by molar-refractivity contribution is 5.09. The fourth-order valence-corrected chi connectivity index (χ4v) is 1.12. The first-order valence-corrected chi connectivity index (χ1v) is 4.67. The Hall–Kier alpha value is -0.930. The van der Waals surface area contributed by atoms with Crippen molar-refractivity contribution in [1.29, 1.82) is 0 Å². The van der Waals surface area contributed by atoms with Crippen LogP contribution in [0.15, 0.2) is 24.5 Å². The van der Waals surface area contributed by atoms with Crippen LogP contribution in [0, 0.1) is 0 Å². The Morgan fingerprint density at radius 2 is 1.92 bits per heavy atom. The van der Waals surface area contributed by atoms with Crippen LogP contribution in [0.1, 0.15) is 5.56 Å². The van der Waals surface area contributed by atoms with Crippen LogP contribution in [0.5, 0.6) is 0 Å². The second-order valence-electron chi connectivity index (χ2n) is 2.96. The van der Waals surface area contributed by atoms with E-state index >= 15 is 0 Å². The van der Waals surface area contributed by atoms with Crippen molar-refractivity contribution < 1.29 is 0 Å². The van der Waals surface area contributed by atoms with Gasteiger partial charge in [-0.25, -0.2) is 0 Å². The van der Waals surface area contributed by atoms with Crippen LogP contribution < -0.4 is 10.6 Å². The molecule has 2 N–H and O–H groups in total. The van der Waals surface area contributed by atoms with E-state index in [2.05, 4.69) is 27.8 Å². The summed E-state index contributed by atoms with van der Waals surface area (Å²) in [5.41, 5.74) is 1.34. The molecule has 1 heterocycles. The van der Waals surface area contributed by atoms with E-state index in [1.54, 1.807) is 0 Å². The number of rotatable bonds is 6. The molecule has 0 aliphatic rings. The second-order valence-corrected chi connectivity index (χ2v) is 2.96. The van der Waals surface area contributed by atoms with Gasteiger partial charge in [-0.2, -0.15) is 0 Å². The molecule has 1 aromatic heterocycles. The van der Waals surface area contributed by atoms with E-state index in [-0.39, 0.29) is 0 Å². The number of aromatic nitrogens is 1. The topological polar surface area (TPSA) is 37.0 Å². The lowest BCUT2D eigenvalue weighted by Crippen LogP contribution is -2.26. The van der Waals surface area contributed by atoms with E-state index in [0.717, 1.165) is 26.1 Å². The van der Waals surface area contributed by atoms with Crippen LogP contribution >= 0.6 is 0 Å². The Bertz CT molecular complexity index is 211. The third-order valence-electron chi connectivity index (χ3n) is 1.89. The van der Waals surface area contributed by atoms with Gasteiger partial charge in [-0.1, -0.05) is 0 Å². The number of nitrogens with zero attached hydrogens (tertiary/aromatic N) is 1. The van der Waals surface area contributed by atoms with Crippen molar-refractivity contribution in [3.05, 3.63) is 30.1 Å². The van der Waals surface area contributed by atoms with E-state index < -0.39 is 0 Å². The lowest BCUT2D eigenvalue weighted by atomic mass is 10.2. The van der Waals surface area contributed by atoms with Crippen LogP contribution in [0.2, 0.25) is 0 Å². The predicted molar refractivity (Wildman–Crippen MR) is 54.7 cm³/mol. The standard InChI is InChI=1S/C10H17N3/c1-11-8-9-13-7-4-10-2-5-12-6-3-10/h2-3,5-6,11,13H,4,7-9H2,1H3. The zero-order valence-electron chi connectivity index (χ0n) is 8.09. The molecule has 0 unspecified atom stereocenters. The molecule has 0 aromatic carbocycles. The van der Waals surface area contributed by atoms with E-state index in [0.29, 0.717) is 0 Å². The van der Waals surface area contributed by atoms with E-state index in [1.807, 2.05) is 19.4 Å². The van der Waals surface area contributed by atoms with Crippen molar-refractivity contribution in [2.75, 3.05) is 26.7 Å². The third-order valence-corrected chi connectivity index (χ3v) is 1.89. The quantitative estimate of drug-likeness (QED) is 0.622. The highest BCUT2D eigenvalue weighted by Crippen LogP contribution is 1.95. The number of nitrogens with one attached hydrogen (secondary N) is 2. The molecule has 0 saturated carbocycles. The molecule has 0 spiro atoms. The zero-order chi connectivity index (χ0) is 9.36. The van der Waals surface area contributed by atoms with Gasteiger partial charge >= 0.3 is 0 Å². The summed E-state index contributed by atoms with van der Waals surface area (Å²) in [5, 5.41) is 6.45. The molecule has 13 heavy (non-hydrogen) atoms. The van der Waals surface area contributed by atoms with Gasteiger partial charge in [-0.3, -0.25) is 4.98 Å². The average Bonchev–Trinajstić information content (AvgIpc) is 2.19. The van der Waals surface area contributed by atoms with Crippen LogP contribution in [0.25, 0.3) is 0 Å². The van der Waals surface area contributed by atoms with Gasteiger partial charge in [-0.15, -0.1) is 0 Å². The van der Waals surface area contributed by atoms with Crippen molar-refractivity contribution in [1.82, 2.24) is 15.6 Å². The smallest absolute Gasteiger partial charge is 0.0270 e. The molecular formula is C10H17N3. The highest BCUT2D eigenvalue weighted by Gasteiger charge is 1.90. The van der Waals surface area contributed by atoms with Gasteiger partial charge in [0.05, 0.1) is 0 Å². The summed E-state index contributed by atoms with van der Waals surface area (Å²) in [4.78, 5) is 3.97. The summed E-state index contributed by atoms with van der Waals surface area (Å²) in [6.45, 7) is 3.09. The molecule has 3 heteroatoms. The van der Waals surface area contributed by atoms with Gasteiger partial charge in [0.15, 0.2) is 0 Å². The lowest BCUT2D eigenvalue weighted by molar-refractivity contribution is 0.649. The van der Waals surface area contributed by atoms with Crippen molar-refractivity contribution >= 4 is 0 Å². The van der Waals surface area contributed by atoms with Crippen molar-refractivity contribution in [3.63, 3.8) is 0 Å². The first-order valence-electron chi connectivity index (χ1n) is 4.67.